The van der Waals surface area contributed by atoms with Crippen molar-refractivity contribution >= 4 is 29.0 Å². The van der Waals surface area contributed by atoms with Crippen molar-refractivity contribution in [3.05, 3.63) is 35.4 Å². The molecule has 2 nitrogen and oxygen atoms in total. The smallest absolute Gasteiger partial charge is 0.103 e. The molecule has 0 heterocycles. The van der Waals surface area contributed by atoms with E-state index in [1.807, 2.05) is 23.9 Å². The summed E-state index contributed by atoms with van der Waals surface area (Å²) < 4.78 is 0. The first-order valence-corrected chi connectivity index (χ1v) is 7.34. The molecule has 0 saturated carbocycles. The highest BCUT2D eigenvalue weighted by Crippen LogP contribution is 2.08. The molecule has 0 atom stereocenters. The van der Waals surface area contributed by atoms with Gasteiger partial charge in [0.15, 0.2) is 0 Å². The molecule has 17 heavy (non-hydrogen) atoms. The van der Waals surface area contributed by atoms with Crippen LogP contribution in [0.2, 0.25) is 0 Å². The Labute approximate surface area is 114 Å². The summed E-state index contributed by atoms with van der Waals surface area (Å²) >= 11 is 6.95. The first kappa shape index (κ1) is 14.5. The fourth-order valence-electron chi connectivity index (χ4n) is 1.58. The second kappa shape index (κ2) is 7.69. The Kier molecular flexibility index (Phi) is 6.55. The average Bonchev–Trinajstić information content (AvgIpc) is 2.29. The lowest BCUT2D eigenvalue weighted by atomic mass is 10.1. The van der Waals surface area contributed by atoms with Crippen molar-refractivity contribution in [2.45, 2.75) is 13.5 Å². The highest BCUT2D eigenvalue weighted by atomic mass is 32.2. The predicted octanol–water partition coefficient (Wildman–Crippen LogP) is 2.51. The highest BCUT2D eigenvalue weighted by molar-refractivity contribution is 7.99. The molecule has 0 bridgehead atoms. The predicted molar refractivity (Wildman–Crippen MR) is 81.7 cm³/mol. The average molecular weight is 268 g/mol. The number of hydrogen-bond donors (Lipinski definition) is 1. The van der Waals surface area contributed by atoms with Crippen LogP contribution in [0.5, 0.6) is 0 Å². The Balaban J connectivity index is 2.50. The zero-order valence-electron chi connectivity index (χ0n) is 10.5. The highest BCUT2D eigenvalue weighted by Gasteiger charge is 2.02. The largest absolute Gasteiger partial charge is 0.389 e. The van der Waals surface area contributed by atoms with E-state index in [9.17, 15) is 0 Å². The lowest BCUT2D eigenvalue weighted by Gasteiger charge is -2.16. The van der Waals surface area contributed by atoms with Crippen LogP contribution < -0.4 is 5.73 Å². The monoisotopic (exact) mass is 268 g/mol. The van der Waals surface area contributed by atoms with Crippen LogP contribution in [0, 0.1) is 0 Å². The van der Waals surface area contributed by atoms with Gasteiger partial charge in [0, 0.05) is 24.4 Å². The van der Waals surface area contributed by atoms with E-state index in [-0.39, 0.29) is 0 Å². The summed E-state index contributed by atoms with van der Waals surface area (Å²) in [6.45, 7) is 4.24. The van der Waals surface area contributed by atoms with Crippen LogP contribution in [0.4, 0.5) is 0 Å². The maximum Gasteiger partial charge on any atom is 0.103 e. The molecule has 0 amide bonds. The first-order valence-electron chi connectivity index (χ1n) is 5.78. The van der Waals surface area contributed by atoms with Crippen LogP contribution >= 0.6 is 24.0 Å². The Morgan fingerprint density at radius 3 is 2.88 bits per heavy atom. The zero-order chi connectivity index (χ0) is 12.7. The Bertz CT molecular complexity index is 366. The third kappa shape index (κ3) is 5.52. The lowest BCUT2D eigenvalue weighted by Crippen LogP contribution is -2.21. The topological polar surface area (TPSA) is 29.3 Å². The molecule has 4 heteroatoms. The van der Waals surface area contributed by atoms with Crippen LogP contribution in [0.1, 0.15) is 18.1 Å². The second-order valence-corrected chi connectivity index (χ2v) is 5.83. The van der Waals surface area contributed by atoms with Gasteiger partial charge in [-0.05, 0) is 24.4 Å². The standard InChI is InChI=1S/C13H20N2S2/c1-3-17-8-7-15(2)10-11-5-4-6-12(9-11)13(14)16/h4-6,9H,3,7-8,10H2,1-2H3,(H2,14,16). The van der Waals surface area contributed by atoms with E-state index in [4.69, 9.17) is 18.0 Å². The molecular weight excluding hydrogens is 248 g/mol. The Morgan fingerprint density at radius 2 is 2.24 bits per heavy atom. The van der Waals surface area contributed by atoms with Crippen molar-refractivity contribution in [2.24, 2.45) is 5.73 Å². The number of benzene rings is 1. The summed E-state index contributed by atoms with van der Waals surface area (Å²) in [4.78, 5) is 2.79. The third-order valence-corrected chi connectivity index (χ3v) is 3.60. The van der Waals surface area contributed by atoms with Crippen molar-refractivity contribution in [2.75, 3.05) is 25.1 Å². The minimum Gasteiger partial charge on any atom is -0.389 e. The molecular formula is C13H20N2S2. The molecule has 0 unspecified atom stereocenters. The minimum absolute atomic E-state index is 0.469. The van der Waals surface area contributed by atoms with Gasteiger partial charge in [-0.15, -0.1) is 0 Å². The van der Waals surface area contributed by atoms with E-state index >= 15 is 0 Å². The van der Waals surface area contributed by atoms with Gasteiger partial charge in [0.1, 0.15) is 4.99 Å². The summed E-state index contributed by atoms with van der Waals surface area (Å²) in [6.07, 6.45) is 0. The summed E-state index contributed by atoms with van der Waals surface area (Å²) in [5.74, 6) is 2.37. The normalized spacial score (nSPS) is 10.8. The van der Waals surface area contributed by atoms with E-state index in [2.05, 4.69) is 31.0 Å². The van der Waals surface area contributed by atoms with Crippen molar-refractivity contribution in [3.8, 4) is 0 Å². The summed E-state index contributed by atoms with van der Waals surface area (Å²) in [5, 5.41) is 0. The van der Waals surface area contributed by atoms with Crippen LogP contribution in [0.25, 0.3) is 0 Å². The van der Waals surface area contributed by atoms with Crippen molar-refractivity contribution < 1.29 is 0 Å². The van der Waals surface area contributed by atoms with Gasteiger partial charge in [0.2, 0.25) is 0 Å². The molecule has 0 aromatic heterocycles. The molecule has 94 valence electrons. The SMILES string of the molecule is CCSCCN(C)Cc1cccc(C(N)=S)c1. The molecule has 0 radical (unpaired) electrons. The van der Waals surface area contributed by atoms with Gasteiger partial charge in [0.25, 0.3) is 0 Å². The van der Waals surface area contributed by atoms with Gasteiger partial charge in [0.05, 0.1) is 0 Å². The van der Waals surface area contributed by atoms with Crippen LogP contribution in [-0.4, -0.2) is 35.0 Å². The number of nitrogens with zero attached hydrogens (tertiary/aromatic N) is 1. The molecule has 0 aliphatic carbocycles. The maximum atomic E-state index is 5.63. The van der Waals surface area contributed by atoms with Crippen LogP contribution in [0.3, 0.4) is 0 Å². The van der Waals surface area contributed by atoms with Crippen molar-refractivity contribution in [1.82, 2.24) is 4.90 Å². The zero-order valence-corrected chi connectivity index (χ0v) is 12.1. The van der Waals surface area contributed by atoms with Gasteiger partial charge in [-0.25, -0.2) is 0 Å². The number of hydrogen-bond acceptors (Lipinski definition) is 3. The molecule has 1 aromatic carbocycles. The lowest BCUT2D eigenvalue weighted by molar-refractivity contribution is 0.348. The van der Waals surface area contributed by atoms with Gasteiger partial charge >= 0.3 is 0 Å². The third-order valence-electron chi connectivity index (χ3n) is 2.49. The van der Waals surface area contributed by atoms with Crippen molar-refractivity contribution in [1.29, 1.82) is 0 Å². The second-order valence-electron chi connectivity index (χ2n) is 4.00. The van der Waals surface area contributed by atoms with Crippen LogP contribution in [0.15, 0.2) is 24.3 Å². The van der Waals surface area contributed by atoms with Gasteiger partial charge in [-0.2, -0.15) is 11.8 Å². The summed E-state index contributed by atoms with van der Waals surface area (Å²) in [6, 6.07) is 8.16. The van der Waals surface area contributed by atoms with Crippen molar-refractivity contribution in [3.63, 3.8) is 0 Å². The fraction of sp³-hybridized carbons (Fsp3) is 0.462. The number of thiocarbonyl (C=S) groups is 1. The molecule has 0 spiro atoms. The number of thioether (sulfide) groups is 1. The van der Waals surface area contributed by atoms with E-state index in [1.165, 1.54) is 17.1 Å². The maximum absolute atomic E-state index is 5.63. The Hall–Kier alpha value is -0.580. The molecule has 0 fully saturated rings. The molecule has 1 aromatic rings. The number of rotatable bonds is 7. The molecule has 0 aliphatic heterocycles. The van der Waals surface area contributed by atoms with Gasteiger partial charge < -0.3 is 10.6 Å². The summed E-state index contributed by atoms with van der Waals surface area (Å²) in [7, 11) is 2.14. The molecule has 1 rings (SSSR count). The van der Waals surface area contributed by atoms with Gasteiger partial charge in [-0.1, -0.05) is 37.3 Å². The molecule has 0 saturated heterocycles. The molecule has 0 aliphatic rings. The summed E-state index contributed by atoms with van der Waals surface area (Å²) in [5.41, 5.74) is 7.84. The Morgan fingerprint density at radius 1 is 1.47 bits per heavy atom. The number of nitrogens with two attached hydrogens (primary N) is 1. The fourth-order valence-corrected chi connectivity index (χ4v) is 2.43. The first-order chi connectivity index (χ1) is 8.13. The molecule has 2 N–H and O–H groups in total. The van der Waals surface area contributed by atoms with E-state index < -0.39 is 0 Å². The van der Waals surface area contributed by atoms with E-state index in [1.54, 1.807) is 0 Å². The van der Waals surface area contributed by atoms with Crippen LogP contribution in [-0.2, 0) is 6.54 Å². The van der Waals surface area contributed by atoms with E-state index in [0.717, 1.165) is 18.7 Å². The van der Waals surface area contributed by atoms with Gasteiger partial charge in [-0.3, -0.25) is 0 Å². The van der Waals surface area contributed by atoms with E-state index in [0.29, 0.717) is 4.99 Å². The minimum atomic E-state index is 0.469. The quantitative estimate of drug-likeness (QED) is 0.608.